The molecule has 0 heterocycles. The highest BCUT2D eigenvalue weighted by molar-refractivity contribution is 5.44. The Hall–Kier alpha value is -1.10. The van der Waals surface area contributed by atoms with Gasteiger partial charge < -0.3 is 18.9 Å². The second kappa shape index (κ2) is 8.37. The Kier molecular flexibility index (Phi) is 7.15. The predicted molar refractivity (Wildman–Crippen MR) is 83.5 cm³/mol. The molecule has 4 nitrogen and oxygen atoms in total. The van der Waals surface area contributed by atoms with Crippen LogP contribution >= 0.6 is 0 Å². The number of hydrogen-bond donors (Lipinski definition) is 0. The topological polar surface area (TPSA) is 36.9 Å². The van der Waals surface area contributed by atoms with E-state index in [1.165, 1.54) is 0 Å². The van der Waals surface area contributed by atoms with E-state index >= 15 is 0 Å². The third-order valence-electron chi connectivity index (χ3n) is 2.86. The van der Waals surface area contributed by atoms with Crippen molar-refractivity contribution in [2.75, 3.05) is 27.9 Å². The van der Waals surface area contributed by atoms with Crippen LogP contribution in [0.1, 0.15) is 37.5 Å². The number of benzene rings is 1. The normalized spacial score (nSPS) is 11.7. The molecule has 0 spiro atoms. The van der Waals surface area contributed by atoms with Gasteiger partial charge in [0.15, 0.2) is 0 Å². The quantitative estimate of drug-likeness (QED) is 0.735. The molecule has 0 aromatic heterocycles. The Morgan fingerprint density at radius 1 is 0.810 bits per heavy atom. The smallest absolute Gasteiger partial charge is 0.130 e. The highest BCUT2D eigenvalue weighted by Crippen LogP contribution is 2.30. The van der Waals surface area contributed by atoms with Crippen molar-refractivity contribution in [1.82, 2.24) is 0 Å². The molecule has 4 heteroatoms. The third kappa shape index (κ3) is 6.04. The van der Waals surface area contributed by atoms with E-state index in [0.29, 0.717) is 26.4 Å². The molecule has 1 rings (SSSR count). The molecule has 21 heavy (non-hydrogen) atoms. The van der Waals surface area contributed by atoms with Crippen LogP contribution in [0.2, 0.25) is 0 Å². The average Bonchev–Trinajstić information content (AvgIpc) is 2.37. The minimum Gasteiger partial charge on any atom is -0.492 e. The van der Waals surface area contributed by atoms with Gasteiger partial charge in [-0.15, -0.1) is 0 Å². The standard InChI is InChI=1S/C17H28O4/c1-17(2,3)12-21-16-14(10-19-5)7-13(9-18-4)8-15(16)11-20-6/h7-8H,9-12H2,1-6H3. The molecule has 0 unspecified atom stereocenters. The molecule has 0 amide bonds. The first-order valence-corrected chi connectivity index (χ1v) is 7.15. The average molecular weight is 296 g/mol. The van der Waals surface area contributed by atoms with Crippen LogP contribution in [0.25, 0.3) is 0 Å². The lowest BCUT2D eigenvalue weighted by Crippen LogP contribution is -2.18. The molecule has 0 N–H and O–H groups in total. The first-order valence-electron chi connectivity index (χ1n) is 7.15. The van der Waals surface area contributed by atoms with Gasteiger partial charge in [0.25, 0.3) is 0 Å². The van der Waals surface area contributed by atoms with Crippen molar-refractivity contribution < 1.29 is 18.9 Å². The maximum absolute atomic E-state index is 6.07. The summed E-state index contributed by atoms with van der Waals surface area (Å²) < 4.78 is 21.9. The SMILES string of the molecule is COCc1cc(COC)c(OCC(C)(C)C)c(COC)c1. The van der Waals surface area contributed by atoms with E-state index in [1.807, 2.05) is 0 Å². The summed E-state index contributed by atoms with van der Waals surface area (Å²) in [6, 6.07) is 4.15. The van der Waals surface area contributed by atoms with Gasteiger partial charge in [-0.25, -0.2) is 0 Å². The van der Waals surface area contributed by atoms with Crippen molar-refractivity contribution in [3.05, 3.63) is 28.8 Å². The van der Waals surface area contributed by atoms with E-state index in [1.54, 1.807) is 21.3 Å². The zero-order valence-electron chi connectivity index (χ0n) is 14.1. The van der Waals surface area contributed by atoms with Crippen LogP contribution in [-0.2, 0) is 34.0 Å². The zero-order valence-corrected chi connectivity index (χ0v) is 14.1. The molecule has 0 aliphatic heterocycles. The number of rotatable bonds is 8. The van der Waals surface area contributed by atoms with Gasteiger partial charge in [-0.05, 0) is 23.1 Å². The summed E-state index contributed by atoms with van der Waals surface area (Å²) in [5, 5.41) is 0. The molecule has 1 aromatic carbocycles. The third-order valence-corrected chi connectivity index (χ3v) is 2.86. The lowest BCUT2D eigenvalue weighted by Gasteiger charge is -2.23. The van der Waals surface area contributed by atoms with Gasteiger partial charge >= 0.3 is 0 Å². The molecule has 0 bridgehead atoms. The first-order chi connectivity index (χ1) is 9.91. The Labute approximate surface area is 128 Å². The molecule has 120 valence electrons. The highest BCUT2D eigenvalue weighted by Gasteiger charge is 2.17. The minimum atomic E-state index is 0.0971. The Balaban J connectivity index is 3.14. The summed E-state index contributed by atoms with van der Waals surface area (Å²) in [5.74, 6) is 0.869. The van der Waals surface area contributed by atoms with E-state index in [4.69, 9.17) is 18.9 Å². The molecule has 0 radical (unpaired) electrons. The number of hydrogen-bond acceptors (Lipinski definition) is 4. The Morgan fingerprint density at radius 2 is 1.29 bits per heavy atom. The van der Waals surface area contributed by atoms with E-state index < -0.39 is 0 Å². The van der Waals surface area contributed by atoms with Crippen LogP contribution in [0.3, 0.4) is 0 Å². The van der Waals surface area contributed by atoms with E-state index in [2.05, 4.69) is 32.9 Å². The molecule has 0 atom stereocenters. The zero-order chi connectivity index (χ0) is 15.9. The fourth-order valence-electron chi connectivity index (χ4n) is 2.08. The van der Waals surface area contributed by atoms with Crippen LogP contribution in [0, 0.1) is 5.41 Å². The second-order valence-corrected chi connectivity index (χ2v) is 6.39. The number of ether oxygens (including phenoxy) is 4. The van der Waals surface area contributed by atoms with Gasteiger partial charge in [0, 0.05) is 32.5 Å². The molecule has 0 saturated heterocycles. The van der Waals surface area contributed by atoms with Gasteiger partial charge in [-0.3, -0.25) is 0 Å². The monoisotopic (exact) mass is 296 g/mol. The van der Waals surface area contributed by atoms with Crippen molar-refractivity contribution in [3.8, 4) is 5.75 Å². The summed E-state index contributed by atoms with van der Waals surface area (Å²) in [4.78, 5) is 0. The maximum Gasteiger partial charge on any atom is 0.130 e. The van der Waals surface area contributed by atoms with Gasteiger partial charge in [-0.2, -0.15) is 0 Å². The van der Waals surface area contributed by atoms with Crippen LogP contribution in [0.4, 0.5) is 0 Å². The van der Waals surface area contributed by atoms with Gasteiger partial charge in [-0.1, -0.05) is 20.8 Å². The molecule has 0 aliphatic carbocycles. The van der Waals surface area contributed by atoms with E-state index in [9.17, 15) is 0 Å². The molecule has 0 saturated carbocycles. The Morgan fingerprint density at radius 3 is 1.67 bits per heavy atom. The highest BCUT2D eigenvalue weighted by atomic mass is 16.5. The van der Waals surface area contributed by atoms with Crippen molar-refractivity contribution in [2.45, 2.75) is 40.6 Å². The molecule has 0 fully saturated rings. The largest absolute Gasteiger partial charge is 0.492 e. The molecular formula is C17H28O4. The van der Waals surface area contributed by atoms with Crippen molar-refractivity contribution in [2.24, 2.45) is 5.41 Å². The lowest BCUT2D eigenvalue weighted by molar-refractivity contribution is 0.154. The van der Waals surface area contributed by atoms with Crippen LogP contribution < -0.4 is 4.74 Å². The van der Waals surface area contributed by atoms with Gasteiger partial charge in [0.05, 0.1) is 26.4 Å². The van der Waals surface area contributed by atoms with Crippen molar-refractivity contribution in [3.63, 3.8) is 0 Å². The predicted octanol–water partition coefficient (Wildman–Crippen LogP) is 3.55. The lowest BCUT2D eigenvalue weighted by atomic mass is 9.98. The maximum atomic E-state index is 6.07. The van der Waals surface area contributed by atoms with Gasteiger partial charge in [0.1, 0.15) is 5.75 Å². The van der Waals surface area contributed by atoms with Crippen molar-refractivity contribution in [1.29, 1.82) is 0 Å². The summed E-state index contributed by atoms with van der Waals surface area (Å²) in [6.45, 7) is 8.67. The summed E-state index contributed by atoms with van der Waals surface area (Å²) in [6.07, 6.45) is 0. The number of methoxy groups -OCH3 is 3. The van der Waals surface area contributed by atoms with Crippen LogP contribution in [0.5, 0.6) is 5.75 Å². The minimum absolute atomic E-state index is 0.0971. The summed E-state index contributed by atoms with van der Waals surface area (Å²) in [7, 11) is 5.06. The molecule has 1 aromatic rings. The fraction of sp³-hybridized carbons (Fsp3) is 0.647. The Bertz CT molecular complexity index is 408. The summed E-state index contributed by atoms with van der Waals surface area (Å²) >= 11 is 0. The molecule has 0 aliphatic rings. The fourth-order valence-corrected chi connectivity index (χ4v) is 2.08. The first kappa shape index (κ1) is 18.0. The van der Waals surface area contributed by atoms with E-state index in [-0.39, 0.29) is 5.41 Å². The van der Waals surface area contributed by atoms with Crippen LogP contribution in [0.15, 0.2) is 12.1 Å². The van der Waals surface area contributed by atoms with Gasteiger partial charge in [0.2, 0.25) is 0 Å². The van der Waals surface area contributed by atoms with Crippen molar-refractivity contribution >= 4 is 0 Å². The van der Waals surface area contributed by atoms with E-state index in [0.717, 1.165) is 22.4 Å². The summed E-state index contributed by atoms with van der Waals surface area (Å²) in [5.41, 5.74) is 3.26. The van der Waals surface area contributed by atoms with Crippen LogP contribution in [-0.4, -0.2) is 27.9 Å². The second-order valence-electron chi connectivity index (χ2n) is 6.39. The molecular weight excluding hydrogens is 268 g/mol.